The van der Waals surface area contributed by atoms with Crippen LogP contribution < -0.4 is 5.32 Å². The quantitative estimate of drug-likeness (QED) is 0.722. The molecule has 1 unspecified atom stereocenters. The second-order valence-electron chi connectivity index (χ2n) is 5.42. The maximum absolute atomic E-state index is 3.52. The Balaban J connectivity index is 1.70. The summed E-state index contributed by atoms with van der Waals surface area (Å²) in [5.41, 5.74) is 0. The molecule has 15 heavy (non-hydrogen) atoms. The SMILES string of the molecule is CCCN(CC1CC1)CC1CCCNC1. The predicted octanol–water partition coefficient (Wildman–Crippen LogP) is 2.11. The smallest absolute Gasteiger partial charge is 0.00219 e. The Hall–Kier alpha value is -0.0800. The molecule has 2 nitrogen and oxygen atoms in total. The maximum Gasteiger partial charge on any atom is 0.00219 e. The van der Waals surface area contributed by atoms with Crippen molar-refractivity contribution in [3.63, 3.8) is 0 Å². The number of nitrogens with one attached hydrogen (secondary N) is 1. The molecule has 0 amide bonds. The molecule has 1 atom stereocenters. The van der Waals surface area contributed by atoms with E-state index in [9.17, 15) is 0 Å². The first-order valence-corrected chi connectivity index (χ1v) is 6.81. The molecule has 0 aromatic rings. The van der Waals surface area contributed by atoms with E-state index in [2.05, 4.69) is 17.1 Å². The molecule has 1 aliphatic carbocycles. The van der Waals surface area contributed by atoms with Gasteiger partial charge in [0.1, 0.15) is 0 Å². The zero-order valence-corrected chi connectivity index (χ0v) is 10.2. The molecule has 0 bridgehead atoms. The van der Waals surface area contributed by atoms with Gasteiger partial charge in [-0.2, -0.15) is 0 Å². The molecule has 88 valence electrons. The first-order chi connectivity index (χ1) is 7.38. The summed E-state index contributed by atoms with van der Waals surface area (Å²) in [7, 11) is 0. The van der Waals surface area contributed by atoms with E-state index in [1.54, 1.807) is 0 Å². The highest BCUT2D eigenvalue weighted by molar-refractivity contribution is 4.79. The number of nitrogens with zero attached hydrogens (tertiary/aromatic N) is 1. The average molecular weight is 210 g/mol. The molecule has 1 saturated carbocycles. The molecule has 2 rings (SSSR count). The fourth-order valence-electron chi connectivity index (χ4n) is 2.68. The Bertz CT molecular complexity index is 171. The standard InChI is InChI=1S/C13H26N2/c1-2-8-15(10-12-5-6-12)11-13-4-3-7-14-9-13/h12-14H,2-11H2,1H3. The minimum atomic E-state index is 0.920. The molecule has 0 radical (unpaired) electrons. The van der Waals surface area contributed by atoms with Gasteiger partial charge in [0.25, 0.3) is 0 Å². The summed E-state index contributed by atoms with van der Waals surface area (Å²) >= 11 is 0. The number of hydrogen-bond donors (Lipinski definition) is 1. The lowest BCUT2D eigenvalue weighted by atomic mass is 9.99. The second kappa shape index (κ2) is 5.86. The van der Waals surface area contributed by atoms with Gasteiger partial charge >= 0.3 is 0 Å². The fourth-order valence-corrected chi connectivity index (χ4v) is 2.68. The lowest BCUT2D eigenvalue weighted by molar-refractivity contribution is 0.201. The molecular weight excluding hydrogens is 184 g/mol. The summed E-state index contributed by atoms with van der Waals surface area (Å²) in [5.74, 6) is 1.97. The van der Waals surface area contributed by atoms with Crippen LogP contribution in [-0.4, -0.2) is 37.6 Å². The number of piperidine rings is 1. The average Bonchev–Trinajstić information content (AvgIpc) is 3.03. The van der Waals surface area contributed by atoms with E-state index < -0.39 is 0 Å². The molecule has 2 fully saturated rings. The van der Waals surface area contributed by atoms with E-state index in [0.29, 0.717) is 0 Å². The van der Waals surface area contributed by atoms with Crippen molar-refractivity contribution in [2.45, 2.75) is 39.0 Å². The molecule has 2 heteroatoms. The third-order valence-corrected chi connectivity index (χ3v) is 3.67. The van der Waals surface area contributed by atoms with Gasteiger partial charge in [0, 0.05) is 13.1 Å². The van der Waals surface area contributed by atoms with Crippen LogP contribution in [0.2, 0.25) is 0 Å². The van der Waals surface area contributed by atoms with Gasteiger partial charge in [-0.25, -0.2) is 0 Å². The van der Waals surface area contributed by atoms with E-state index in [4.69, 9.17) is 0 Å². The van der Waals surface area contributed by atoms with Crippen molar-refractivity contribution in [2.24, 2.45) is 11.8 Å². The largest absolute Gasteiger partial charge is 0.316 e. The van der Waals surface area contributed by atoms with Crippen LogP contribution in [0.25, 0.3) is 0 Å². The van der Waals surface area contributed by atoms with E-state index in [0.717, 1.165) is 11.8 Å². The van der Waals surface area contributed by atoms with Crippen LogP contribution in [0.1, 0.15) is 39.0 Å². The molecular formula is C13H26N2. The van der Waals surface area contributed by atoms with Gasteiger partial charge in [-0.1, -0.05) is 6.92 Å². The van der Waals surface area contributed by atoms with Crippen molar-refractivity contribution in [1.82, 2.24) is 10.2 Å². The van der Waals surface area contributed by atoms with Crippen molar-refractivity contribution >= 4 is 0 Å². The molecule has 2 aliphatic rings. The summed E-state index contributed by atoms with van der Waals surface area (Å²) in [6.45, 7) is 8.84. The third kappa shape index (κ3) is 4.12. The van der Waals surface area contributed by atoms with Gasteiger partial charge in [0.15, 0.2) is 0 Å². The van der Waals surface area contributed by atoms with Crippen LogP contribution in [0.5, 0.6) is 0 Å². The molecule has 1 heterocycles. The van der Waals surface area contributed by atoms with Gasteiger partial charge in [-0.05, 0) is 63.6 Å². The van der Waals surface area contributed by atoms with Crippen molar-refractivity contribution < 1.29 is 0 Å². The summed E-state index contributed by atoms with van der Waals surface area (Å²) in [4.78, 5) is 2.72. The van der Waals surface area contributed by atoms with Crippen molar-refractivity contribution in [1.29, 1.82) is 0 Å². The van der Waals surface area contributed by atoms with Gasteiger partial charge in [0.2, 0.25) is 0 Å². The Morgan fingerprint density at radius 2 is 1.93 bits per heavy atom. The summed E-state index contributed by atoms with van der Waals surface area (Å²) < 4.78 is 0. The first-order valence-electron chi connectivity index (χ1n) is 6.81. The Morgan fingerprint density at radius 3 is 2.53 bits per heavy atom. The normalized spacial score (nSPS) is 27.2. The lowest BCUT2D eigenvalue weighted by Crippen LogP contribution is -2.39. The van der Waals surface area contributed by atoms with E-state index >= 15 is 0 Å². The van der Waals surface area contributed by atoms with Crippen molar-refractivity contribution in [3.05, 3.63) is 0 Å². The lowest BCUT2D eigenvalue weighted by Gasteiger charge is -2.30. The molecule has 0 aromatic heterocycles. The van der Waals surface area contributed by atoms with Gasteiger partial charge in [-0.15, -0.1) is 0 Å². The minimum Gasteiger partial charge on any atom is -0.316 e. The van der Waals surface area contributed by atoms with Crippen molar-refractivity contribution in [2.75, 3.05) is 32.7 Å². The number of hydrogen-bond acceptors (Lipinski definition) is 2. The molecule has 1 saturated heterocycles. The van der Waals surface area contributed by atoms with Gasteiger partial charge in [-0.3, -0.25) is 0 Å². The molecule has 1 aliphatic heterocycles. The number of rotatable bonds is 6. The van der Waals surface area contributed by atoms with E-state index in [1.807, 2.05) is 0 Å². The van der Waals surface area contributed by atoms with Crippen LogP contribution in [0.4, 0.5) is 0 Å². The molecule has 1 N–H and O–H groups in total. The fraction of sp³-hybridized carbons (Fsp3) is 1.00. The first kappa shape index (κ1) is 11.4. The predicted molar refractivity (Wildman–Crippen MR) is 65.0 cm³/mol. The topological polar surface area (TPSA) is 15.3 Å². The summed E-state index contributed by atoms with van der Waals surface area (Å²) in [5, 5.41) is 3.52. The second-order valence-corrected chi connectivity index (χ2v) is 5.42. The van der Waals surface area contributed by atoms with Gasteiger partial charge in [0.05, 0.1) is 0 Å². The van der Waals surface area contributed by atoms with E-state index in [1.165, 1.54) is 64.8 Å². The third-order valence-electron chi connectivity index (χ3n) is 3.67. The Labute approximate surface area is 94.4 Å². The zero-order valence-electron chi connectivity index (χ0n) is 10.2. The Kier molecular flexibility index (Phi) is 4.45. The van der Waals surface area contributed by atoms with Crippen molar-refractivity contribution in [3.8, 4) is 0 Å². The van der Waals surface area contributed by atoms with Crippen LogP contribution >= 0.6 is 0 Å². The highest BCUT2D eigenvalue weighted by Crippen LogP contribution is 2.30. The van der Waals surface area contributed by atoms with E-state index in [-0.39, 0.29) is 0 Å². The monoisotopic (exact) mass is 210 g/mol. The van der Waals surface area contributed by atoms with Crippen LogP contribution in [0, 0.1) is 11.8 Å². The van der Waals surface area contributed by atoms with Crippen LogP contribution in [0.15, 0.2) is 0 Å². The summed E-state index contributed by atoms with van der Waals surface area (Å²) in [6, 6.07) is 0. The molecule has 0 spiro atoms. The van der Waals surface area contributed by atoms with Crippen LogP contribution in [0.3, 0.4) is 0 Å². The summed E-state index contributed by atoms with van der Waals surface area (Å²) in [6.07, 6.45) is 7.12. The maximum atomic E-state index is 3.52. The minimum absolute atomic E-state index is 0.920. The highest BCUT2D eigenvalue weighted by atomic mass is 15.1. The van der Waals surface area contributed by atoms with Gasteiger partial charge < -0.3 is 10.2 Å². The molecule has 0 aromatic carbocycles. The highest BCUT2D eigenvalue weighted by Gasteiger charge is 2.25. The Morgan fingerprint density at radius 1 is 1.13 bits per heavy atom. The van der Waals surface area contributed by atoms with Crippen LogP contribution in [-0.2, 0) is 0 Å². The zero-order chi connectivity index (χ0) is 10.5.